The molecule has 0 bridgehead atoms. The highest BCUT2D eigenvalue weighted by Gasteiger charge is 2.16. The highest BCUT2D eigenvalue weighted by atomic mass is 35.5. The maximum Gasteiger partial charge on any atom is 0.199 e. The predicted molar refractivity (Wildman–Crippen MR) is 105 cm³/mol. The van der Waals surface area contributed by atoms with E-state index in [1.165, 1.54) is 18.2 Å². The molecule has 0 aliphatic heterocycles. The molecule has 0 aliphatic carbocycles. The Morgan fingerprint density at radius 2 is 1.78 bits per heavy atom. The van der Waals surface area contributed by atoms with E-state index < -0.39 is 11.6 Å². The molecule has 0 unspecified atom stereocenters. The van der Waals surface area contributed by atoms with Crippen LogP contribution in [-0.2, 0) is 20.3 Å². The molecule has 1 heterocycles. The Hall–Kier alpha value is -2.09. The molecular formula is C19H19ClF2N4S. The summed E-state index contributed by atoms with van der Waals surface area (Å²) in [7, 11) is 1.82. The number of nitrogens with zero attached hydrogens (tertiary/aromatic N) is 4. The summed E-state index contributed by atoms with van der Waals surface area (Å²) < 4.78 is 31.8. The third kappa shape index (κ3) is 4.10. The second-order valence-electron chi connectivity index (χ2n) is 6.13. The molecule has 4 nitrogen and oxygen atoms in total. The monoisotopic (exact) mass is 408 g/mol. The normalized spacial score (nSPS) is 11.3. The maximum absolute atomic E-state index is 14.0. The first-order valence-corrected chi connectivity index (χ1v) is 9.25. The van der Waals surface area contributed by atoms with Crippen molar-refractivity contribution in [1.29, 1.82) is 0 Å². The van der Waals surface area contributed by atoms with Crippen LogP contribution >= 0.6 is 23.8 Å². The summed E-state index contributed by atoms with van der Waals surface area (Å²) in [4.78, 5) is 1.86. The minimum Gasteiger partial charge on any atom is -0.303 e. The van der Waals surface area contributed by atoms with Crippen molar-refractivity contribution in [2.24, 2.45) is 7.05 Å². The van der Waals surface area contributed by atoms with Crippen LogP contribution in [0.3, 0.4) is 0 Å². The van der Waals surface area contributed by atoms with Gasteiger partial charge in [-0.1, -0.05) is 36.7 Å². The largest absolute Gasteiger partial charge is 0.303 e. The van der Waals surface area contributed by atoms with Gasteiger partial charge in [-0.25, -0.2) is 13.5 Å². The van der Waals surface area contributed by atoms with E-state index in [1.807, 2.05) is 37.1 Å². The molecule has 0 atom stereocenters. The molecule has 0 saturated carbocycles. The topological polar surface area (TPSA) is 26.0 Å². The van der Waals surface area contributed by atoms with Crippen LogP contribution in [0.5, 0.6) is 0 Å². The fraction of sp³-hybridized carbons (Fsp3) is 0.263. The summed E-state index contributed by atoms with van der Waals surface area (Å²) >= 11 is 11.8. The molecule has 0 saturated heterocycles. The average Bonchev–Trinajstić information content (AvgIpc) is 2.92. The molecule has 8 heteroatoms. The van der Waals surface area contributed by atoms with E-state index in [9.17, 15) is 8.78 Å². The van der Waals surface area contributed by atoms with Crippen LogP contribution in [0, 0.1) is 16.4 Å². The summed E-state index contributed by atoms with van der Waals surface area (Å²) in [6.07, 6.45) is 0. The van der Waals surface area contributed by atoms with E-state index in [2.05, 4.69) is 5.10 Å². The van der Waals surface area contributed by atoms with E-state index in [-0.39, 0.29) is 12.1 Å². The number of benzene rings is 2. The molecule has 0 N–H and O–H groups in total. The van der Waals surface area contributed by atoms with Crippen molar-refractivity contribution in [1.82, 2.24) is 19.2 Å². The van der Waals surface area contributed by atoms with Crippen molar-refractivity contribution in [2.45, 2.75) is 20.1 Å². The lowest BCUT2D eigenvalue weighted by atomic mass is 10.2. The Morgan fingerprint density at radius 3 is 2.41 bits per heavy atom. The summed E-state index contributed by atoms with van der Waals surface area (Å²) in [5.41, 5.74) is 0.808. The van der Waals surface area contributed by atoms with E-state index >= 15 is 0 Å². The fourth-order valence-electron chi connectivity index (χ4n) is 2.82. The molecule has 142 valence electrons. The molecular weight excluding hydrogens is 390 g/mol. The van der Waals surface area contributed by atoms with Crippen LogP contribution in [0.25, 0.3) is 11.4 Å². The first-order valence-electron chi connectivity index (χ1n) is 8.46. The van der Waals surface area contributed by atoms with Crippen LogP contribution in [0.1, 0.15) is 12.5 Å². The van der Waals surface area contributed by atoms with Crippen molar-refractivity contribution < 1.29 is 8.78 Å². The van der Waals surface area contributed by atoms with Gasteiger partial charge < -0.3 is 4.57 Å². The first kappa shape index (κ1) is 19.7. The van der Waals surface area contributed by atoms with Crippen molar-refractivity contribution in [3.63, 3.8) is 0 Å². The Bertz CT molecular complexity index is 995. The Morgan fingerprint density at radius 1 is 1.11 bits per heavy atom. The first-order chi connectivity index (χ1) is 12.9. The van der Waals surface area contributed by atoms with Gasteiger partial charge in [0.05, 0.1) is 11.7 Å². The molecule has 0 spiro atoms. The predicted octanol–water partition coefficient (Wildman–Crippen LogP) is 5.03. The molecule has 0 fully saturated rings. The Balaban J connectivity index is 1.90. The second-order valence-corrected chi connectivity index (χ2v) is 6.90. The van der Waals surface area contributed by atoms with Gasteiger partial charge in [0.15, 0.2) is 10.6 Å². The lowest BCUT2D eigenvalue weighted by Crippen LogP contribution is -2.27. The van der Waals surface area contributed by atoms with Gasteiger partial charge in [0.2, 0.25) is 0 Å². The van der Waals surface area contributed by atoms with Crippen molar-refractivity contribution in [2.75, 3.05) is 6.54 Å². The Kier molecular flexibility index (Phi) is 6.04. The summed E-state index contributed by atoms with van der Waals surface area (Å²) in [5, 5.41) is 5.15. The highest BCUT2D eigenvalue weighted by molar-refractivity contribution is 7.71. The minimum atomic E-state index is -0.560. The molecule has 3 rings (SSSR count). The molecule has 3 aromatic rings. The maximum atomic E-state index is 14.0. The van der Waals surface area contributed by atoms with Gasteiger partial charge in [-0.05, 0) is 43.0 Å². The third-order valence-electron chi connectivity index (χ3n) is 4.38. The van der Waals surface area contributed by atoms with E-state index in [4.69, 9.17) is 23.8 Å². The molecule has 27 heavy (non-hydrogen) atoms. The smallest absolute Gasteiger partial charge is 0.199 e. The van der Waals surface area contributed by atoms with Crippen LogP contribution in [0.4, 0.5) is 8.78 Å². The van der Waals surface area contributed by atoms with E-state index in [1.54, 1.807) is 15.3 Å². The molecule has 0 aliphatic rings. The minimum absolute atomic E-state index is 0.0353. The zero-order valence-corrected chi connectivity index (χ0v) is 16.6. The second kappa shape index (κ2) is 8.29. The fourth-order valence-corrected chi connectivity index (χ4v) is 3.22. The molecule has 1 aromatic heterocycles. The van der Waals surface area contributed by atoms with E-state index in [0.717, 1.165) is 5.56 Å². The molecule has 2 aromatic carbocycles. The summed E-state index contributed by atoms with van der Waals surface area (Å²) in [6.45, 7) is 2.92. The van der Waals surface area contributed by atoms with Gasteiger partial charge in [-0.15, -0.1) is 0 Å². The van der Waals surface area contributed by atoms with Crippen molar-refractivity contribution in [3.8, 4) is 11.4 Å². The zero-order chi connectivity index (χ0) is 19.6. The van der Waals surface area contributed by atoms with Crippen LogP contribution in [0.15, 0.2) is 42.5 Å². The molecule has 0 radical (unpaired) electrons. The van der Waals surface area contributed by atoms with Gasteiger partial charge >= 0.3 is 0 Å². The van der Waals surface area contributed by atoms with Crippen LogP contribution < -0.4 is 0 Å². The van der Waals surface area contributed by atoms with Crippen molar-refractivity contribution >= 4 is 23.8 Å². The lowest BCUT2D eigenvalue weighted by Gasteiger charge is -2.20. The molecule has 0 amide bonds. The highest BCUT2D eigenvalue weighted by Crippen LogP contribution is 2.26. The van der Waals surface area contributed by atoms with Crippen molar-refractivity contribution in [3.05, 3.63) is 69.5 Å². The zero-order valence-electron chi connectivity index (χ0n) is 15.0. The number of hydrogen-bond donors (Lipinski definition) is 0. The SMILES string of the molecule is CCN(Cc1c(F)cccc1F)Cn1nc(-c2ccccc2Cl)n(C)c1=S. The standard InChI is InChI=1S/C19H19ClF2N4S/c1-3-25(11-14-16(21)9-6-10-17(14)22)12-26-19(27)24(2)18(23-26)13-7-4-5-8-15(13)20/h4-10H,3,11-12H2,1-2H3. The lowest BCUT2D eigenvalue weighted by molar-refractivity contribution is 0.202. The summed E-state index contributed by atoms with van der Waals surface area (Å²) in [5.74, 6) is -0.483. The number of hydrogen-bond acceptors (Lipinski definition) is 3. The van der Waals surface area contributed by atoms with Crippen LogP contribution in [-0.4, -0.2) is 25.8 Å². The number of aromatic nitrogens is 3. The Labute approximate surface area is 166 Å². The van der Waals surface area contributed by atoms with Gasteiger partial charge in [-0.2, -0.15) is 5.10 Å². The van der Waals surface area contributed by atoms with Gasteiger partial charge in [0.25, 0.3) is 0 Å². The quantitative estimate of drug-likeness (QED) is 0.535. The number of rotatable bonds is 6. The number of halogens is 3. The van der Waals surface area contributed by atoms with Gasteiger partial charge in [-0.3, -0.25) is 4.90 Å². The average molecular weight is 409 g/mol. The summed E-state index contributed by atoms with van der Waals surface area (Å²) in [6, 6.07) is 11.3. The van der Waals surface area contributed by atoms with Gasteiger partial charge in [0.1, 0.15) is 11.6 Å². The van der Waals surface area contributed by atoms with Gasteiger partial charge in [0, 0.05) is 24.7 Å². The third-order valence-corrected chi connectivity index (χ3v) is 5.19. The van der Waals surface area contributed by atoms with E-state index in [0.29, 0.717) is 28.8 Å². The van der Waals surface area contributed by atoms with Crippen LogP contribution in [0.2, 0.25) is 5.02 Å².